The van der Waals surface area contributed by atoms with Crippen molar-refractivity contribution in [2.45, 2.75) is 6.61 Å². The zero-order valence-corrected chi connectivity index (χ0v) is 12.6. The lowest BCUT2D eigenvalue weighted by Crippen LogP contribution is -2.16. The number of aliphatic hydroxyl groups is 1. The summed E-state index contributed by atoms with van der Waals surface area (Å²) in [5, 5.41) is 20.8. The molecule has 0 aliphatic heterocycles. The Labute approximate surface area is 136 Å². The van der Waals surface area contributed by atoms with Crippen molar-refractivity contribution in [3.8, 4) is 0 Å². The Morgan fingerprint density at radius 1 is 1.00 bits per heavy atom. The zero-order chi connectivity index (χ0) is 16.3. The smallest absolute Gasteiger partial charge is 0.336 e. The van der Waals surface area contributed by atoms with Crippen LogP contribution in [0.4, 0.5) is 5.69 Å². The number of carbonyl (C=O) groups is 2. The van der Waals surface area contributed by atoms with Crippen molar-refractivity contribution in [2.75, 3.05) is 5.32 Å². The topological polar surface area (TPSA) is 86.6 Å². The number of rotatable bonds is 4. The van der Waals surface area contributed by atoms with E-state index in [0.29, 0.717) is 11.3 Å². The molecule has 0 radical (unpaired) electrons. The average molecular weight is 340 g/mol. The third-order valence-electron chi connectivity index (χ3n) is 2.93. The van der Waals surface area contributed by atoms with Crippen LogP contribution in [0.5, 0.6) is 0 Å². The van der Waals surface area contributed by atoms with E-state index < -0.39 is 11.9 Å². The molecule has 0 atom stereocenters. The number of anilines is 1. The van der Waals surface area contributed by atoms with E-state index >= 15 is 0 Å². The third-order valence-corrected chi connectivity index (χ3v) is 3.65. The molecule has 22 heavy (non-hydrogen) atoms. The first-order chi connectivity index (χ1) is 10.4. The van der Waals surface area contributed by atoms with Gasteiger partial charge in [-0.3, -0.25) is 4.79 Å². The number of carboxylic acids is 1. The quantitative estimate of drug-likeness (QED) is 0.796. The fourth-order valence-corrected chi connectivity index (χ4v) is 2.13. The summed E-state index contributed by atoms with van der Waals surface area (Å²) in [6.07, 6.45) is 0. The van der Waals surface area contributed by atoms with Crippen LogP contribution in [0.2, 0.25) is 10.0 Å². The Kier molecular flexibility index (Phi) is 5.03. The summed E-state index contributed by atoms with van der Waals surface area (Å²) >= 11 is 11.6. The highest BCUT2D eigenvalue weighted by Crippen LogP contribution is 2.26. The van der Waals surface area contributed by atoms with Crippen LogP contribution in [0.1, 0.15) is 26.3 Å². The van der Waals surface area contributed by atoms with Gasteiger partial charge in [0.1, 0.15) is 0 Å². The predicted molar refractivity (Wildman–Crippen MR) is 83.7 cm³/mol. The highest BCUT2D eigenvalue weighted by atomic mass is 35.5. The van der Waals surface area contributed by atoms with Crippen LogP contribution in [0.15, 0.2) is 36.4 Å². The van der Waals surface area contributed by atoms with Gasteiger partial charge in [-0.25, -0.2) is 4.79 Å². The van der Waals surface area contributed by atoms with Gasteiger partial charge in [0.2, 0.25) is 0 Å². The fraction of sp³-hybridized carbons (Fsp3) is 0.0667. The standard InChI is InChI=1S/C15H11Cl2NO4/c16-12-5-10(11(15(21)22)6-13(12)17)14(20)18-9-3-1-8(7-19)2-4-9/h1-6,19H,7H2,(H,18,20)(H,21,22). The normalized spacial score (nSPS) is 10.3. The lowest BCUT2D eigenvalue weighted by atomic mass is 10.1. The van der Waals surface area contributed by atoms with Gasteiger partial charge in [-0.2, -0.15) is 0 Å². The van der Waals surface area contributed by atoms with Crippen LogP contribution in [-0.4, -0.2) is 22.1 Å². The first-order valence-electron chi connectivity index (χ1n) is 6.16. The second-order valence-corrected chi connectivity index (χ2v) is 5.24. The Morgan fingerprint density at radius 2 is 1.55 bits per heavy atom. The number of carbonyl (C=O) groups excluding carboxylic acids is 1. The maximum atomic E-state index is 12.2. The molecule has 0 fully saturated rings. The van der Waals surface area contributed by atoms with Gasteiger partial charge in [-0.1, -0.05) is 35.3 Å². The van der Waals surface area contributed by atoms with Crippen molar-refractivity contribution in [1.82, 2.24) is 0 Å². The molecule has 0 saturated heterocycles. The van der Waals surface area contributed by atoms with Crippen LogP contribution in [-0.2, 0) is 6.61 Å². The van der Waals surface area contributed by atoms with E-state index in [0.717, 1.165) is 6.07 Å². The molecule has 0 saturated carbocycles. The molecule has 0 aliphatic carbocycles. The molecule has 2 aromatic carbocycles. The van der Waals surface area contributed by atoms with E-state index in [2.05, 4.69) is 5.32 Å². The van der Waals surface area contributed by atoms with Crippen LogP contribution in [0, 0.1) is 0 Å². The largest absolute Gasteiger partial charge is 0.478 e. The Hall–Kier alpha value is -2.08. The second kappa shape index (κ2) is 6.79. The minimum absolute atomic E-state index is 0.0583. The molecule has 0 aliphatic rings. The van der Waals surface area contributed by atoms with Crippen molar-refractivity contribution >= 4 is 40.8 Å². The fourth-order valence-electron chi connectivity index (χ4n) is 1.80. The number of carboxylic acid groups (broad SMARTS) is 1. The summed E-state index contributed by atoms with van der Waals surface area (Å²) in [7, 11) is 0. The number of nitrogens with one attached hydrogen (secondary N) is 1. The van der Waals surface area contributed by atoms with E-state index in [-0.39, 0.29) is 27.8 Å². The van der Waals surface area contributed by atoms with E-state index in [9.17, 15) is 9.59 Å². The van der Waals surface area contributed by atoms with E-state index in [4.69, 9.17) is 33.4 Å². The highest BCUT2D eigenvalue weighted by molar-refractivity contribution is 6.42. The van der Waals surface area contributed by atoms with E-state index in [1.54, 1.807) is 24.3 Å². The summed E-state index contributed by atoms with van der Waals surface area (Å²) in [6, 6.07) is 8.83. The molecule has 1 amide bonds. The van der Waals surface area contributed by atoms with Crippen LogP contribution >= 0.6 is 23.2 Å². The molecule has 0 unspecified atom stereocenters. The van der Waals surface area contributed by atoms with Gasteiger partial charge in [0, 0.05) is 5.69 Å². The Bertz CT molecular complexity index is 729. The molecule has 2 aromatic rings. The molecule has 5 nitrogen and oxygen atoms in total. The molecular formula is C15H11Cl2NO4. The molecule has 3 N–H and O–H groups in total. The number of benzene rings is 2. The maximum Gasteiger partial charge on any atom is 0.336 e. The molecule has 0 heterocycles. The summed E-state index contributed by atoms with van der Waals surface area (Å²) in [5.74, 6) is -1.90. The lowest BCUT2D eigenvalue weighted by molar-refractivity contribution is 0.0692. The van der Waals surface area contributed by atoms with Gasteiger partial charge in [0.15, 0.2) is 0 Å². The summed E-state index contributed by atoms with van der Waals surface area (Å²) in [5.41, 5.74) is 0.829. The summed E-state index contributed by atoms with van der Waals surface area (Å²) in [6.45, 7) is -0.107. The average Bonchev–Trinajstić information content (AvgIpc) is 2.50. The number of hydrogen-bond donors (Lipinski definition) is 3. The minimum Gasteiger partial charge on any atom is -0.478 e. The second-order valence-electron chi connectivity index (χ2n) is 4.43. The van der Waals surface area contributed by atoms with Crippen LogP contribution in [0.25, 0.3) is 0 Å². The zero-order valence-electron chi connectivity index (χ0n) is 11.1. The van der Waals surface area contributed by atoms with Gasteiger partial charge in [-0.05, 0) is 29.8 Å². The molecule has 7 heteroatoms. The third kappa shape index (κ3) is 3.57. The minimum atomic E-state index is -1.28. The monoisotopic (exact) mass is 339 g/mol. The number of aromatic carboxylic acids is 1. The molecular weight excluding hydrogens is 329 g/mol. The molecule has 0 aromatic heterocycles. The Morgan fingerprint density at radius 3 is 2.05 bits per heavy atom. The number of aliphatic hydroxyl groups excluding tert-OH is 1. The van der Waals surface area contributed by atoms with Crippen LogP contribution < -0.4 is 5.32 Å². The Balaban J connectivity index is 2.32. The van der Waals surface area contributed by atoms with Crippen molar-refractivity contribution in [2.24, 2.45) is 0 Å². The number of hydrogen-bond acceptors (Lipinski definition) is 3. The van der Waals surface area contributed by atoms with Gasteiger partial charge in [-0.15, -0.1) is 0 Å². The summed E-state index contributed by atoms with van der Waals surface area (Å²) < 4.78 is 0. The highest BCUT2D eigenvalue weighted by Gasteiger charge is 2.19. The van der Waals surface area contributed by atoms with E-state index in [1.165, 1.54) is 6.07 Å². The van der Waals surface area contributed by atoms with Gasteiger partial charge in [0.25, 0.3) is 5.91 Å². The molecule has 2 rings (SSSR count). The van der Waals surface area contributed by atoms with Crippen molar-refractivity contribution in [3.63, 3.8) is 0 Å². The number of halogens is 2. The maximum absolute atomic E-state index is 12.2. The molecule has 114 valence electrons. The SMILES string of the molecule is O=C(O)c1cc(Cl)c(Cl)cc1C(=O)Nc1ccc(CO)cc1. The van der Waals surface area contributed by atoms with Crippen LogP contribution in [0.3, 0.4) is 0 Å². The molecule has 0 spiro atoms. The predicted octanol–water partition coefficient (Wildman–Crippen LogP) is 3.44. The summed E-state index contributed by atoms with van der Waals surface area (Å²) in [4.78, 5) is 23.4. The van der Waals surface area contributed by atoms with E-state index in [1.807, 2.05) is 0 Å². The van der Waals surface area contributed by atoms with Crippen molar-refractivity contribution in [1.29, 1.82) is 0 Å². The number of amides is 1. The first kappa shape index (κ1) is 16.3. The van der Waals surface area contributed by atoms with Gasteiger partial charge >= 0.3 is 5.97 Å². The first-order valence-corrected chi connectivity index (χ1v) is 6.91. The van der Waals surface area contributed by atoms with Gasteiger partial charge < -0.3 is 15.5 Å². The van der Waals surface area contributed by atoms with Gasteiger partial charge in [0.05, 0.1) is 27.8 Å². The van der Waals surface area contributed by atoms with Crippen molar-refractivity contribution in [3.05, 3.63) is 63.1 Å². The van der Waals surface area contributed by atoms with Crippen molar-refractivity contribution < 1.29 is 19.8 Å². The molecule has 0 bridgehead atoms. The lowest BCUT2D eigenvalue weighted by Gasteiger charge is -2.09.